The lowest BCUT2D eigenvalue weighted by Crippen LogP contribution is -2.05. The van der Waals surface area contributed by atoms with Gasteiger partial charge in [0, 0.05) is 11.6 Å². The summed E-state index contributed by atoms with van der Waals surface area (Å²) in [4.78, 5) is 4.45. The summed E-state index contributed by atoms with van der Waals surface area (Å²) in [7, 11) is 0. The van der Waals surface area contributed by atoms with Crippen LogP contribution in [-0.4, -0.2) is 14.8 Å². The molecule has 17 heavy (non-hydrogen) atoms. The van der Waals surface area contributed by atoms with Crippen LogP contribution in [0.4, 0.5) is 5.69 Å². The van der Waals surface area contributed by atoms with Crippen molar-refractivity contribution in [1.29, 1.82) is 0 Å². The lowest BCUT2D eigenvalue weighted by atomic mass is 10.1. The van der Waals surface area contributed by atoms with Gasteiger partial charge in [-0.2, -0.15) is 5.10 Å². The molecule has 2 rings (SSSR count). The number of hydrogen-bond donors (Lipinski definition) is 1. The zero-order valence-electron chi connectivity index (χ0n) is 10.7. The standard InChI is InChI=1S/C13H18N4/c1-8(2)13-15-10(4)16-17(13)11-6-5-9(3)12(14)7-11/h5-8H,14H2,1-4H3. The van der Waals surface area contributed by atoms with Gasteiger partial charge in [-0.05, 0) is 31.5 Å². The Morgan fingerprint density at radius 2 is 1.94 bits per heavy atom. The van der Waals surface area contributed by atoms with Crippen molar-refractivity contribution in [3.63, 3.8) is 0 Å². The van der Waals surface area contributed by atoms with Gasteiger partial charge in [-0.1, -0.05) is 19.9 Å². The van der Waals surface area contributed by atoms with Gasteiger partial charge in [-0.25, -0.2) is 9.67 Å². The third-order valence-electron chi connectivity index (χ3n) is 2.76. The number of hydrogen-bond acceptors (Lipinski definition) is 3. The van der Waals surface area contributed by atoms with Gasteiger partial charge in [0.1, 0.15) is 11.6 Å². The van der Waals surface area contributed by atoms with Crippen LogP contribution in [0.5, 0.6) is 0 Å². The van der Waals surface area contributed by atoms with Gasteiger partial charge in [0.25, 0.3) is 0 Å². The van der Waals surface area contributed by atoms with Crippen LogP contribution in [0, 0.1) is 13.8 Å². The highest BCUT2D eigenvalue weighted by molar-refractivity contribution is 5.53. The van der Waals surface area contributed by atoms with E-state index < -0.39 is 0 Å². The normalized spacial score (nSPS) is 11.1. The van der Waals surface area contributed by atoms with Crippen LogP contribution in [0.3, 0.4) is 0 Å². The maximum absolute atomic E-state index is 5.93. The highest BCUT2D eigenvalue weighted by Crippen LogP contribution is 2.20. The first kappa shape index (κ1) is 11.6. The van der Waals surface area contributed by atoms with Crippen LogP contribution in [0.25, 0.3) is 5.69 Å². The molecule has 0 aliphatic rings. The Labute approximate surface area is 101 Å². The summed E-state index contributed by atoms with van der Waals surface area (Å²) < 4.78 is 1.87. The van der Waals surface area contributed by atoms with E-state index in [1.807, 2.05) is 36.7 Å². The molecular formula is C13H18N4. The summed E-state index contributed by atoms with van der Waals surface area (Å²) in [5.74, 6) is 2.08. The largest absolute Gasteiger partial charge is 0.398 e. The van der Waals surface area contributed by atoms with Crippen LogP contribution < -0.4 is 5.73 Å². The minimum absolute atomic E-state index is 0.332. The zero-order chi connectivity index (χ0) is 12.6. The average molecular weight is 230 g/mol. The van der Waals surface area contributed by atoms with Gasteiger partial charge in [-0.3, -0.25) is 0 Å². The molecule has 0 radical (unpaired) electrons. The van der Waals surface area contributed by atoms with Crippen molar-refractivity contribution in [3.8, 4) is 5.69 Å². The molecule has 2 N–H and O–H groups in total. The highest BCUT2D eigenvalue weighted by Gasteiger charge is 2.12. The molecule has 0 spiro atoms. The molecule has 0 aliphatic heterocycles. The molecule has 2 aromatic rings. The van der Waals surface area contributed by atoms with Crippen molar-refractivity contribution in [2.45, 2.75) is 33.6 Å². The number of nitrogen functional groups attached to an aromatic ring is 1. The van der Waals surface area contributed by atoms with E-state index in [4.69, 9.17) is 5.73 Å². The molecule has 4 nitrogen and oxygen atoms in total. The molecule has 1 aromatic carbocycles. The molecule has 4 heteroatoms. The maximum atomic E-state index is 5.93. The summed E-state index contributed by atoms with van der Waals surface area (Å²) in [5.41, 5.74) is 8.76. The Morgan fingerprint density at radius 3 is 2.53 bits per heavy atom. The van der Waals surface area contributed by atoms with Crippen molar-refractivity contribution < 1.29 is 0 Å². The van der Waals surface area contributed by atoms with Gasteiger partial charge < -0.3 is 5.73 Å². The van der Waals surface area contributed by atoms with Crippen molar-refractivity contribution in [3.05, 3.63) is 35.4 Å². The lowest BCUT2D eigenvalue weighted by molar-refractivity contribution is 0.713. The summed E-state index contributed by atoms with van der Waals surface area (Å²) in [5, 5.41) is 4.42. The Bertz CT molecular complexity index is 540. The van der Waals surface area contributed by atoms with E-state index in [1.165, 1.54) is 0 Å². The van der Waals surface area contributed by atoms with Crippen LogP contribution in [-0.2, 0) is 0 Å². The van der Waals surface area contributed by atoms with Gasteiger partial charge >= 0.3 is 0 Å². The molecule has 0 amide bonds. The van der Waals surface area contributed by atoms with Crippen LogP contribution >= 0.6 is 0 Å². The van der Waals surface area contributed by atoms with Crippen LogP contribution in [0.2, 0.25) is 0 Å². The first-order valence-electron chi connectivity index (χ1n) is 5.79. The molecule has 1 heterocycles. The van der Waals surface area contributed by atoms with Crippen LogP contribution in [0.1, 0.15) is 37.0 Å². The summed E-state index contributed by atoms with van der Waals surface area (Å²) in [6, 6.07) is 5.97. The quantitative estimate of drug-likeness (QED) is 0.807. The lowest BCUT2D eigenvalue weighted by Gasteiger charge is -2.09. The van der Waals surface area contributed by atoms with E-state index in [0.717, 1.165) is 28.6 Å². The molecule has 1 aromatic heterocycles. The Balaban J connectivity index is 2.55. The van der Waals surface area contributed by atoms with Crippen molar-refractivity contribution >= 4 is 5.69 Å². The van der Waals surface area contributed by atoms with Gasteiger partial charge in [0.05, 0.1) is 5.69 Å². The second-order valence-corrected chi connectivity index (χ2v) is 4.62. The summed E-state index contributed by atoms with van der Waals surface area (Å²) in [6.07, 6.45) is 0. The number of aromatic nitrogens is 3. The average Bonchev–Trinajstić information content (AvgIpc) is 2.64. The number of benzene rings is 1. The Kier molecular flexibility index (Phi) is 2.88. The second-order valence-electron chi connectivity index (χ2n) is 4.62. The minimum Gasteiger partial charge on any atom is -0.398 e. The first-order valence-corrected chi connectivity index (χ1v) is 5.79. The zero-order valence-corrected chi connectivity index (χ0v) is 10.7. The molecule has 0 aliphatic carbocycles. The molecular weight excluding hydrogens is 212 g/mol. The molecule has 0 bridgehead atoms. The summed E-state index contributed by atoms with van der Waals surface area (Å²) >= 11 is 0. The van der Waals surface area contributed by atoms with Crippen LogP contribution in [0.15, 0.2) is 18.2 Å². The topological polar surface area (TPSA) is 56.7 Å². The van der Waals surface area contributed by atoms with Gasteiger partial charge in [0.15, 0.2) is 0 Å². The molecule has 0 fully saturated rings. The SMILES string of the molecule is Cc1nc(C(C)C)n(-c2ccc(C)c(N)c2)n1. The van der Waals surface area contributed by atoms with E-state index in [0.29, 0.717) is 5.92 Å². The van der Waals surface area contributed by atoms with E-state index in [2.05, 4.69) is 23.9 Å². The second kappa shape index (κ2) is 4.20. The summed E-state index contributed by atoms with van der Waals surface area (Å²) in [6.45, 7) is 8.12. The van der Waals surface area contributed by atoms with Gasteiger partial charge in [0.2, 0.25) is 0 Å². The van der Waals surface area contributed by atoms with Crippen molar-refractivity contribution in [2.75, 3.05) is 5.73 Å². The smallest absolute Gasteiger partial charge is 0.148 e. The van der Waals surface area contributed by atoms with E-state index in [9.17, 15) is 0 Å². The number of aryl methyl sites for hydroxylation is 2. The fraction of sp³-hybridized carbons (Fsp3) is 0.385. The fourth-order valence-electron chi connectivity index (χ4n) is 1.75. The van der Waals surface area contributed by atoms with Crippen molar-refractivity contribution in [1.82, 2.24) is 14.8 Å². The number of nitrogens with zero attached hydrogens (tertiary/aromatic N) is 3. The fourth-order valence-corrected chi connectivity index (χ4v) is 1.75. The minimum atomic E-state index is 0.332. The highest BCUT2D eigenvalue weighted by atomic mass is 15.3. The Morgan fingerprint density at radius 1 is 1.24 bits per heavy atom. The molecule has 90 valence electrons. The number of rotatable bonds is 2. The molecule has 0 unspecified atom stereocenters. The predicted octanol–water partition coefficient (Wildman–Crippen LogP) is 2.59. The number of anilines is 1. The first-order chi connectivity index (χ1) is 7.99. The van der Waals surface area contributed by atoms with Gasteiger partial charge in [-0.15, -0.1) is 0 Å². The van der Waals surface area contributed by atoms with E-state index in [1.54, 1.807) is 0 Å². The Hall–Kier alpha value is -1.84. The third-order valence-corrected chi connectivity index (χ3v) is 2.76. The molecule has 0 saturated heterocycles. The van der Waals surface area contributed by atoms with E-state index in [-0.39, 0.29) is 0 Å². The van der Waals surface area contributed by atoms with E-state index >= 15 is 0 Å². The number of nitrogens with two attached hydrogens (primary N) is 1. The molecule has 0 atom stereocenters. The molecule has 0 saturated carbocycles. The maximum Gasteiger partial charge on any atom is 0.148 e. The monoisotopic (exact) mass is 230 g/mol. The predicted molar refractivity (Wildman–Crippen MR) is 69.3 cm³/mol. The third kappa shape index (κ3) is 2.16. The van der Waals surface area contributed by atoms with Crippen molar-refractivity contribution in [2.24, 2.45) is 0 Å².